The van der Waals surface area contributed by atoms with Gasteiger partial charge < -0.3 is 31.4 Å². The number of carboxylic acid groups (broad SMARTS) is 1. The number of carbonyl (C=O) groups excluding carboxylic acids is 3. The van der Waals surface area contributed by atoms with E-state index >= 15 is 0 Å². The van der Waals surface area contributed by atoms with Crippen LogP contribution < -0.4 is 16.8 Å². The summed E-state index contributed by atoms with van der Waals surface area (Å²) in [6.45, 7) is 0.0151. The highest BCUT2D eigenvalue weighted by Gasteiger charge is 2.66. The average molecular weight is 457 g/mol. The molecule has 30 heavy (non-hydrogen) atoms. The van der Waals surface area contributed by atoms with Gasteiger partial charge in [-0.1, -0.05) is 0 Å². The van der Waals surface area contributed by atoms with Crippen LogP contribution in [0.5, 0.6) is 0 Å². The molecule has 0 aliphatic carbocycles. The van der Waals surface area contributed by atoms with Crippen molar-refractivity contribution in [1.82, 2.24) is 10.2 Å². The number of amides is 3. The molecule has 2 aliphatic rings. The van der Waals surface area contributed by atoms with Gasteiger partial charge in [-0.2, -0.15) is 0 Å². The van der Waals surface area contributed by atoms with Crippen LogP contribution in [0.3, 0.4) is 0 Å². The lowest BCUT2D eigenvalue weighted by atomic mass is 9.98. The van der Waals surface area contributed by atoms with Crippen molar-refractivity contribution in [3.8, 4) is 0 Å². The Morgan fingerprint density at radius 1 is 1.37 bits per heavy atom. The minimum absolute atomic E-state index is 0.0276. The summed E-state index contributed by atoms with van der Waals surface area (Å²) in [4.78, 5) is 50.8. The molecule has 13 heteroatoms. The Bertz CT molecular complexity index is 931. The summed E-state index contributed by atoms with van der Waals surface area (Å²) in [5, 5.41) is 11.4. The molecule has 1 aromatic heterocycles. The zero-order valence-corrected chi connectivity index (χ0v) is 17.5. The number of hydrogen-bond donors (Lipinski definition) is 4. The SMILES string of the molecule is CO[C@@]1(NC(=O)Cc2ccc(CN)s2)C(=O)N2C(C(=O)O)=C(COC(N)=O)CS[C@@H]21. The summed E-state index contributed by atoms with van der Waals surface area (Å²) >= 11 is 2.58. The molecule has 0 radical (unpaired) electrons. The highest BCUT2D eigenvalue weighted by molar-refractivity contribution is 8.00. The number of aliphatic carboxylic acids is 1. The zero-order chi connectivity index (χ0) is 22.1. The molecule has 3 amide bonds. The Balaban J connectivity index is 1.78. The number of fused-ring (bicyclic) bond motifs is 1. The van der Waals surface area contributed by atoms with Crippen LogP contribution in [-0.4, -0.2) is 64.5 Å². The third-order valence-electron chi connectivity index (χ3n) is 4.60. The van der Waals surface area contributed by atoms with Crippen LogP contribution in [0.1, 0.15) is 9.75 Å². The molecule has 2 aliphatic heterocycles. The summed E-state index contributed by atoms with van der Waals surface area (Å²) in [6, 6.07) is 3.61. The quantitative estimate of drug-likeness (QED) is 0.298. The van der Waals surface area contributed by atoms with E-state index in [9.17, 15) is 24.3 Å². The summed E-state index contributed by atoms with van der Waals surface area (Å²) in [5.41, 5.74) is 8.74. The lowest BCUT2D eigenvalue weighted by molar-refractivity contribution is -0.192. The molecule has 11 nitrogen and oxygen atoms in total. The third kappa shape index (κ3) is 3.88. The summed E-state index contributed by atoms with van der Waals surface area (Å²) < 4.78 is 10.1. The van der Waals surface area contributed by atoms with Crippen LogP contribution in [0.2, 0.25) is 0 Å². The number of rotatable bonds is 8. The number of nitrogens with one attached hydrogen (secondary N) is 1. The van der Waals surface area contributed by atoms with Crippen molar-refractivity contribution >= 4 is 47.0 Å². The summed E-state index contributed by atoms with van der Waals surface area (Å²) in [5.74, 6) is -2.38. The molecule has 3 heterocycles. The van der Waals surface area contributed by atoms with Crippen LogP contribution in [-0.2, 0) is 36.8 Å². The number of carboxylic acids is 1. The number of hydrogen-bond acceptors (Lipinski definition) is 9. The van der Waals surface area contributed by atoms with E-state index in [1.54, 1.807) is 6.07 Å². The van der Waals surface area contributed by atoms with Gasteiger partial charge in [0.25, 0.3) is 11.6 Å². The van der Waals surface area contributed by atoms with Gasteiger partial charge in [-0.25, -0.2) is 9.59 Å². The molecular weight excluding hydrogens is 436 g/mol. The molecule has 2 atom stereocenters. The Morgan fingerprint density at radius 2 is 2.07 bits per heavy atom. The van der Waals surface area contributed by atoms with Gasteiger partial charge in [0, 0.05) is 34.7 Å². The second-order valence-electron chi connectivity index (χ2n) is 6.44. The fourth-order valence-electron chi connectivity index (χ4n) is 3.25. The number of methoxy groups -OCH3 is 1. The molecule has 162 valence electrons. The number of carbonyl (C=O) groups is 4. The van der Waals surface area contributed by atoms with Gasteiger partial charge in [-0.15, -0.1) is 23.1 Å². The number of nitrogens with two attached hydrogens (primary N) is 2. The molecule has 0 aromatic carbocycles. The largest absolute Gasteiger partial charge is 0.477 e. The van der Waals surface area contributed by atoms with Gasteiger partial charge in [0.05, 0.1) is 6.42 Å². The van der Waals surface area contributed by atoms with Crippen molar-refractivity contribution in [3.05, 3.63) is 33.2 Å². The zero-order valence-electron chi connectivity index (χ0n) is 15.9. The molecule has 0 saturated carbocycles. The van der Waals surface area contributed by atoms with Gasteiger partial charge in [-0.05, 0) is 12.1 Å². The topological polar surface area (TPSA) is 174 Å². The molecule has 1 saturated heterocycles. The summed E-state index contributed by atoms with van der Waals surface area (Å²) in [7, 11) is 1.27. The van der Waals surface area contributed by atoms with E-state index in [4.69, 9.17) is 16.2 Å². The standard InChI is InChI=1S/C17H20N4O7S2/c1-27-17(20-11(22)4-9-2-3-10(5-18)30-9)14(25)21-12(13(23)24)8(6-28-16(19)26)7-29-15(17)21/h2-3,15H,4-7,18H2,1H3,(H2,19,26)(H,20,22)(H,23,24)/t15-,17+/m1/s1. The minimum Gasteiger partial charge on any atom is -0.477 e. The van der Waals surface area contributed by atoms with E-state index in [0.717, 1.165) is 14.7 Å². The highest BCUT2D eigenvalue weighted by Crippen LogP contribution is 2.46. The van der Waals surface area contributed by atoms with Gasteiger partial charge >= 0.3 is 12.1 Å². The molecule has 3 rings (SSSR count). The number of ether oxygens (including phenoxy) is 2. The molecule has 0 spiro atoms. The Morgan fingerprint density at radius 3 is 2.63 bits per heavy atom. The van der Waals surface area contributed by atoms with Gasteiger partial charge in [0.15, 0.2) is 0 Å². The first-order valence-corrected chi connectivity index (χ1v) is 10.6. The Hall–Kier alpha value is -2.61. The number of primary amides is 1. The van der Waals surface area contributed by atoms with Crippen molar-refractivity contribution in [1.29, 1.82) is 0 Å². The van der Waals surface area contributed by atoms with Crippen LogP contribution in [0.15, 0.2) is 23.4 Å². The maximum absolute atomic E-state index is 12.9. The maximum atomic E-state index is 12.9. The minimum atomic E-state index is -1.69. The molecule has 6 N–H and O–H groups in total. The van der Waals surface area contributed by atoms with Crippen molar-refractivity contribution < 1.29 is 33.8 Å². The van der Waals surface area contributed by atoms with Crippen molar-refractivity contribution in [2.75, 3.05) is 19.5 Å². The fraction of sp³-hybridized carbons (Fsp3) is 0.412. The second-order valence-corrected chi connectivity index (χ2v) is 8.76. The van der Waals surface area contributed by atoms with Gasteiger partial charge in [0.1, 0.15) is 17.7 Å². The highest BCUT2D eigenvalue weighted by atomic mass is 32.2. The van der Waals surface area contributed by atoms with E-state index in [2.05, 4.69) is 10.1 Å². The fourth-order valence-corrected chi connectivity index (χ4v) is 5.56. The first-order valence-electron chi connectivity index (χ1n) is 8.70. The maximum Gasteiger partial charge on any atom is 0.404 e. The van der Waals surface area contributed by atoms with Crippen molar-refractivity contribution in [3.63, 3.8) is 0 Å². The van der Waals surface area contributed by atoms with Crippen LogP contribution in [0.25, 0.3) is 0 Å². The molecule has 1 aromatic rings. The Kier molecular flexibility index (Phi) is 6.36. The molecular formula is C17H20N4O7S2. The second kappa shape index (κ2) is 8.63. The van der Waals surface area contributed by atoms with Crippen LogP contribution in [0.4, 0.5) is 4.79 Å². The summed E-state index contributed by atoms with van der Waals surface area (Å²) in [6.07, 6.45) is -1.03. The first-order chi connectivity index (χ1) is 14.2. The average Bonchev–Trinajstić information content (AvgIpc) is 3.16. The van der Waals surface area contributed by atoms with Crippen molar-refractivity contribution in [2.24, 2.45) is 11.5 Å². The lowest BCUT2D eigenvalue weighted by Gasteiger charge is -2.55. The number of β-lactam (4-membered cyclic amide) rings is 1. The number of thiophene rings is 1. The van der Waals surface area contributed by atoms with E-state index in [1.165, 1.54) is 30.2 Å². The lowest BCUT2D eigenvalue weighted by Crippen LogP contribution is -2.80. The molecule has 0 bridgehead atoms. The van der Waals surface area contributed by atoms with E-state index < -0.39 is 35.0 Å². The predicted molar refractivity (Wildman–Crippen MR) is 107 cm³/mol. The number of thioether (sulfide) groups is 1. The monoisotopic (exact) mass is 456 g/mol. The number of nitrogens with zero attached hydrogens (tertiary/aromatic N) is 1. The van der Waals surface area contributed by atoms with Gasteiger partial charge in [0.2, 0.25) is 5.91 Å². The van der Waals surface area contributed by atoms with Gasteiger partial charge in [-0.3, -0.25) is 14.5 Å². The van der Waals surface area contributed by atoms with E-state index in [-0.39, 0.29) is 30.1 Å². The van der Waals surface area contributed by atoms with Crippen LogP contribution in [0, 0.1) is 0 Å². The van der Waals surface area contributed by atoms with Crippen LogP contribution >= 0.6 is 23.1 Å². The Labute approximate surface area is 179 Å². The van der Waals surface area contributed by atoms with E-state index in [1.807, 2.05) is 6.07 Å². The third-order valence-corrected chi connectivity index (χ3v) is 7.08. The predicted octanol–water partition coefficient (Wildman–Crippen LogP) is -0.443. The van der Waals surface area contributed by atoms with E-state index in [0.29, 0.717) is 6.54 Å². The van der Waals surface area contributed by atoms with Crippen molar-refractivity contribution in [2.45, 2.75) is 24.1 Å². The molecule has 1 fully saturated rings. The first kappa shape index (κ1) is 22.1. The smallest absolute Gasteiger partial charge is 0.404 e. The normalized spacial score (nSPS) is 22.9. The molecule has 0 unspecified atom stereocenters.